The summed E-state index contributed by atoms with van der Waals surface area (Å²) in [5, 5.41) is 10.8. The Morgan fingerprint density at radius 2 is 1.77 bits per heavy atom. The van der Waals surface area contributed by atoms with Gasteiger partial charge in [0.15, 0.2) is 17.3 Å². The monoisotopic (exact) mass is 353 g/mol. The van der Waals surface area contributed by atoms with Crippen LogP contribution >= 0.6 is 0 Å². The van der Waals surface area contributed by atoms with Crippen molar-refractivity contribution < 1.29 is 19.1 Å². The summed E-state index contributed by atoms with van der Waals surface area (Å²) in [5.74, 6) is -1.32. The number of ketones is 2. The Labute approximate surface area is 151 Å². The van der Waals surface area contributed by atoms with Gasteiger partial charge in [-0.2, -0.15) is 0 Å². The molecule has 4 rings (SSSR count). The van der Waals surface area contributed by atoms with Crippen LogP contribution < -0.4 is 0 Å². The zero-order chi connectivity index (χ0) is 18.5. The molecule has 1 aromatic carbocycles. The SMILES string of the molecule is CC(=O)C1=C(O)c2c(-c3ccc(F)cc3)ccn2C2(CCCCC2)C1=O. The number of hydrogen-bond acceptors (Lipinski definition) is 3. The Morgan fingerprint density at radius 3 is 2.38 bits per heavy atom. The van der Waals surface area contributed by atoms with Gasteiger partial charge in [0.2, 0.25) is 0 Å². The van der Waals surface area contributed by atoms with Gasteiger partial charge in [0.25, 0.3) is 0 Å². The lowest BCUT2D eigenvalue weighted by Crippen LogP contribution is -2.48. The van der Waals surface area contributed by atoms with Crippen LogP contribution in [0.5, 0.6) is 0 Å². The summed E-state index contributed by atoms with van der Waals surface area (Å²) < 4.78 is 15.1. The fraction of sp³-hybridized carbons (Fsp3) is 0.333. The third kappa shape index (κ3) is 2.26. The molecule has 2 aliphatic rings. The fourth-order valence-corrected chi connectivity index (χ4v) is 4.39. The van der Waals surface area contributed by atoms with Gasteiger partial charge in [-0.15, -0.1) is 0 Å². The zero-order valence-corrected chi connectivity index (χ0v) is 14.6. The van der Waals surface area contributed by atoms with Crippen molar-refractivity contribution >= 4 is 17.3 Å². The lowest BCUT2D eigenvalue weighted by Gasteiger charge is -2.41. The lowest BCUT2D eigenvalue weighted by atomic mass is 9.73. The molecule has 0 bridgehead atoms. The summed E-state index contributed by atoms with van der Waals surface area (Å²) in [6.07, 6.45) is 5.98. The number of carbonyl (C=O) groups is 2. The van der Waals surface area contributed by atoms with Gasteiger partial charge in [0, 0.05) is 11.8 Å². The molecule has 1 N–H and O–H groups in total. The smallest absolute Gasteiger partial charge is 0.196 e. The first kappa shape index (κ1) is 16.8. The van der Waals surface area contributed by atoms with E-state index in [4.69, 9.17) is 0 Å². The lowest BCUT2D eigenvalue weighted by molar-refractivity contribution is -0.128. The van der Waals surface area contributed by atoms with Crippen LogP contribution in [-0.4, -0.2) is 21.2 Å². The standard InChI is InChI=1S/C21H20FNO3/c1-13(24)17-19(25)18-16(14-5-7-15(22)8-6-14)9-12-23(18)21(20(17)26)10-3-2-4-11-21/h5-9,12,25H,2-4,10-11H2,1H3. The van der Waals surface area contributed by atoms with Crippen molar-refractivity contribution in [2.24, 2.45) is 0 Å². The number of rotatable bonds is 2. The molecule has 1 saturated carbocycles. The van der Waals surface area contributed by atoms with Crippen LogP contribution in [0.15, 0.2) is 42.1 Å². The molecule has 0 amide bonds. The maximum absolute atomic E-state index is 13.3. The van der Waals surface area contributed by atoms with E-state index < -0.39 is 11.3 Å². The number of allylic oxidation sites excluding steroid dienone is 1. The maximum atomic E-state index is 13.3. The Kier molecular flexibility index (Phi) is 3.83. The van der Waals surface area contributed by atoms with Crippen molar-refractivity contribution in [2.45, 2.75) is 44.6 Å². The average Bonchev–Trinajstić information content (AvgIpc) is 3.07. The molecule has 5 heteroatoms. The number of carbonyl (C=O) groups excluding carboxylic acids is 2. The van der Waals surface area contributed by atoms with Gasteiger partial charge >= 0.3 is 0 Å². The summed E-state index contributed by atoms with van der Waals surface area (Å²) in [7, 11) is 0. The van der Waals surface area contributed by atoms with Crippen molar-refractivity contribution in [3.8, 4) is 11.1 Å². The predicted molar refractivity (Wildman–Crippen MR) is 96.1 cm³/mol. The Balaban J connectivity index is 1.99. The number of aliphatic hydroxyl groups excluding tert-OH is 1. The Bertz CT molecular complexity index is 931. The molecule has 0 saturated heterocycles. The van der Waals surface area contributed by atoms with Crippen LogP contribution in [0.2, 0.25) is 0 Å². The van der Waals surface area contributed by atoms with Crippen LogP contribution in [0.25, 0.3) is 16.9 Å². The fourth-order valence-electron chi connectivity index (χ4n) is 4.39. The highest BCUT2D eigenvalue weighted by molar-refractivity contribution is 6.27. The zero-order valence-electron chi connectivity index (χ0n) is 14.6. The predicted octanol–water partition coefficient (Wildman–Crippen LogP) is 4.39. The summed E-state index contributed by atoms with van der Waals surface area (Å²) >= 11 is 0. The number of hydrogen-bond donors (Lipinski definition) is 1. The number of Topliss-reactive ketones (excluding diaryl/α,β-unsaturated/α-hetero) is 2. The Hall–Kier alpha value is -2.69. The van der Waals surface area contributed by atoms with Crippen LogP contribution in [0.3, 0.4) is 0 Å². The number of fused-ring (bicyclic) bond motifs is 2. The second-order valence-corrected chi connectivity index (χ2v) is 7.16. The first-order valence-corrected chi connectivity index (χ1v) is 8.93. The van der Waals surface area contributed by atoms with E-state index in [-0.39, 0.29) is 22.9 Å². The molecular weight excluding hydrogens is 333 g/mol. The normalized spacial score (nSPS) is 18.9. The maximum Gasteiger partial charge on any atom is 0.196 e. The highest BCUT2D eigenvalue weighted by atomic mass is 19.1. The minimum absolute atomic E-state index is 0.110. The molecule has 0 unspecified atom stereocenters. The summed E-state index contributed by atoms with van der Waals surface area (Å²) in [4.78, 5) is 25.4. The molecule has 2 aromatic rings. The molecular formula is C21H20FNO3. The van der Waals surface area contributed by atoms with E-state index in [0.29, 0.717) is 24.1 Å². The second kappa shape index (κ2) is 5.94. The van der Waals surface area contributed by atoms with Crippen molar-refractivity contribution in [3.63, 3.8) is 0 Å². The van der Waals surface area contributed by atoms with E-state index in [0.717, 1.165) is 24.8 Å². The number of benzene rings is 1. The van der Waals surface area contributed by atoms with Crippen LogP contribution in [0, 0.1) is 5.82 Å². The van der Waals surface area contributed by atoms with Gasteiger partial charge < -0.3 is 9.67 Å². The molecule has 0 atom stereocenters. The molecule has 2 heterocycles. The van der Waals surface area contributed by atoms with Crippen LogP contribution in [0.4, 0.5) is 4.39 Å². The van der Waals surface area contributed by atoms with Gasteiger partial charge in [-0.1, -0.05) is 31.4 Å². The summed E-state index contributed by atoms with van der Waals surface area (Å²) in [5.41, 5.74) is 0.984. The molecule has 1 aliphatic carbocycles. The van der Waals surface area contributed by atoms with E-state index in [1.165, 1.54) is 19.1 Å². The quantitative estimate of drug-likeness (QED) is 0.815. The van der Waals surface area contributed by atoms with E-state index in [2.05, 4.69) is 0 Å². The van der Waals surface area contributed by atoms with Crippen molar-refractivity contribution in [1.29, 1.82) is 0 Å². The van der Waals surface area contributed by atoms with Gasteiger partial charge in [-0.25, -0.2) is 4.39 Å². The van der Waals surface area contributed by atoms with E-state index in [9.17, 15) is 19.1 Å². The van der Waals surface area contributed by atoms with E-state index in [1.54, 1.807) is 12.1 Å². The number of aliphatic hydroxyl groups is 1. The third-order valence-corrected chi connectivity index (χ3v) is 5.65. The third-order valence-electron chi connectivity index (χ3n) is 5.65. The summed E-state index contributed by atoms with van der Waals surface area (Å²) in [6, 6.07) is 7.81. The van der Waals surface area contributed by atoms with Gasteiger partial charge in [-0.05, 0) is 43.5 Å². The molecule has 1 aliphatic heterocycles. The summed E-state index contributed by atoms with van der Waals surface area (Å²) in [6.45, 7) is 1.32. The number of nitrogens with zero attached hydrogens (tertiary/aromatic N) is 1. The Morgan fingerprint density at radius 1 is 1.12 bits per heavy atom. The average molecular weight is 353 g/mol. The molecule has 134 valence electrons. The number of halogens is 1. The first-order valence-electron chi connectivity index (χ1n) is 8.93. The minimum atomic E-state index is -0.806. The highest BCUT2D eigenvalue weighted by Gasteiger charge is 2.49. The van der Waals surface area contributed by atoms with Gasteiger partial charge in [0.1, 0.15) is 16.9 Å². The molecule has 4 nitrogen and oxygen atoms in total. The molecule has 1 fully saturated rings. The number of aromatic nitrogens is 1. The minimum Gasteiger partial charge on any atom is -0.505 e. The molecule has 26 heavy (non-hydrogen) atoms. The highest BCUT2D eigenvalue weighted by Crippen LogP contribution is 2.46. The van der Waals surface area contributed by atoms with Crippen LogP contribution in [0.1, 0.15) is 44.7 Å². The molecule has 0 radical (unpaired) electrons. The topological polar surface area (TPSA) is 59.3 Å². The van der Waals surface area contributed by atoms with Crippen molar-refractivity contribution in [2.75, 3.05) is 0 Å². The molecule has 1 spiro atoms. The van der Waals surface area contributed by atoms with Crippen molar-refractivity contribution in [3.05, 3.63) is 53.6 Å². The van der Waals surface area contributed by atoms with E-state index in [1.807, 2.05) is 16.8 Å². The largest absolute Gasteiger partial charge is 0.505 e. The molecule has 1 aromatic heterocycles. The van der Waals surface area contributed by atoms with E-state index >= 15 is 0 Å². The first-order chi connectivity index (χ1) is 12.5. The second-order valence-electron chi connectivity index (χ2n) is 7.16. The van der Waals surface area contributed by atoms with Crippen LogP contribution in [-0.2, 0) is 15.1 Å². The van der Waals surface area contributed by atoms with Crippen molar-refractivity contribution in [1.82, 2.24) is 4.57 Å². The van der Waals surface area contributed by atoms with Gasteiger partial charge in [-0.3, -0.25) is 9.59 Å². The van der Waals surface area contributed by atoms with Gasteiger partial charge in [0.05, 0.1) is 5.69 Å².